The minimum atomic E-state index is -0.593. The van der Waals surface area contributed by atoms with Crippen molar-refractivity contribution in [3.05, 3.63) is 56.2 Å². The van der Waals surface area contributed by atoms with Crippen molar-refractivity contribution in [2.24, 2.45) is 0 Å². The molecule has 98 valence electrons. The Labute approximate surface area is 127 Å². The van der Waals surface area contributed by atoms with E-state index in [0.717, 1.165) is 10.0 Å². The van der Waals surface area contributed by atoms with Crippen LogP contribution in [0.5, 0.6) is 0 Å². The van der Waals surface area contributed by atoms with E-state index in [1.807, 2.05) is 24.3 Å². The van der Waals surface area contributed by atoms with Crippen LogP contribution >= 0.6 is 39.1 Å². The molecule has 0 aliphatic rings. The van der Waals surface area contributed by atoms with Crippen LogP contribution in [0.4, 0.5) is 0 Å². The second-order valence-electron chi connectivity index (χ2n) is 3.57. The zero-order valence-electron chi connectivity index (χ0n) is 9.44. The summed E-state index contributed by atoms with van der Waals surface area (Å²) in [4.78, 5) is 11.8. The van der Waals surface area contributed by atoms with Crippen molar-refractivity contribution < 1.29 is 9.53 Å². The third-order valence-corrected chi connectivity index (χ3v) is 3.21. The second-order valence-corrected chi connectivity index (χ2v) is 5.24. The maximum Gasteiger partial charge on any atom is 0.341 e. The SMILES string of the molecule is O=C(OCc1ccc(Br)cc1)c1cc(Cl)nnc1Cl. The lowest BCUT2D eigenvalue weighted by molar-refractivity contribution is 0.0472. The van der Waals surface area contributed by atoms with Gasteiger partial charge in [0.2, 0.25) is 0 Å². The van der Waals surface area contributed by atoms with E-state index < -0.39 is 5.97 Å². The highest BCUT2D eigenvalue weighted by molar-refractivity contribution is 9.10. The van der Waals surface area contributed by atoms with Gasteiger partial charge in [0.25, 0.3) is 0 Å². The smallest absolute Gasteiger partial charge is 0.341 e. The van der Waals surface area contributed by atoms with Crippen molar-refractivity contribution in [2.75, 3.05) is 0 Å². The molecule has 4 nitrogen and oxygen atoms in total. The fourth-order valence-corrected chi connectivity index (χ4v) is 1.88. The van der Waals surface area contributed by atoms with Gasteiger partial charge in [0.1, 0.15) is 12.2 Å². The van der Waals surface area contributed by atoms with Crippen LogP contribution in [0.3, 0.4) is 0 Å². The quantitative estimate of drug-likeness (QED) is 0.778. The molecule has 0 atom stereocenters. The molecule has 1 aromatic carbocycles. The number of rotatable bonds is 3. The third kappa shape index (κ3) is 3.89. The molecule has 0 amide bonds. The topological polar surface area (TPSA) is 52.1 Å². The van der Waals surface area contributed by atoms with Crippen molar-refractivity contribution in [1.82, 2.24) is 10.2 Å². The van der Waals surface area contributed by atoms with E-state index in [1.165, 1.54) is 6.07 Å². The number of carbonyl (C=O) groups excluding carboxylic acids is 1. The molecule has 1 heterocycles. The fourth-order valence-electron chi connectivity index (χ4n) is 1.30. The first-order valence-corrected chi connectivity index (χ1v) is 6.71. The molecule has 2 aromatic rings. The highest BCUT2D eigenvalue weighted by Gasteiger charge is 2.14. The zero-order valence-corrected chi connectivity index (χ0v) is 12.5. The van der Waals surface area contributed by atoms with Crippen molar-refractivity contribution >= 4 is 45.1 Å². The first-order chi connectivity index (χ1) is 9.06. The summed E-state index contributed by atoms with van der Waals surface area (Å²) in [6.45, 7) is 0.141. The van der Waals surface area contributed by atoms with Crippen LogP contribution in [0, 0.1) is 0 Å². The summed E-state index contributed by atoms with van der Waals surface area (Å²) in [5.74, 6) is -0.593. The zero-order chi connectivity index (χ0) is 13.8. The molecular weight excluding hydrogens is 355 g/mol. The molecule has 0 saturated carbocycles. The highest BCUT2D eigenvalue weighted by Crippen LogP contribution is 2.17. The molecule has 0 radical (unpaired) electrons. The van der Waals surface area contributed by atoms with Crippen LogP contribution in [0.1, 0.15) is 15.9 Å². The van der Waals surface area contributed by atoms with Gasteiger partial charge in [-0.2, -0.15) is 0 Å². The fraction of sp³-hybridized carbons (Fsp3) is 0.0833. The van der Waals surface area contributed by atoms with Crippen LogP contribution in [0.2, 0.25) is 10.3 Å². The standard InChI is InChI=1S/C12H7BrCl2N2O2/c13-8-3-1-7(2-4-8)6-19-12(18)9-5-10(14)16-17-11(9)15/h1-5H,6H2. The molecule has 0 aliphatic carbocycles. The number of carbonyl (C=O) groups is 1. The van der Waals surface area contributed by atoms with E-state index in [2.05, 4.69) is 26.1 Å². The number of ether oxygens (including phenoxy) is 1. The Balaban J connectivity index is 2.05. The Kier molecular flexibility index (Phi) is 4.74. The molecule has 0 saturated heterocycles. The molecule has 0 aliphatic heterocycles. The summed E-state index contributed by atoms with van der Waals surface area (Å²) >= 11 is 14.7. The van der Waals surface area contributed by atoms with Crippen molar-refractivity contribution in [2.45, 2.75) is 6.61 Å². The first-order valence-electron chi connectivity index (χ1n) is 5.16. The van der Waals surface area contributed by atoms with E-state index >= 15 is 0 Å². The minimum absolute atomic E-state index is 0.0368. The van der Waals surface area contributed by atoms with Gasteiger partial charge in [-0.15, -0.1) is 10.2 Å². The number of aromatic nitrogens is 2. The first kappa shape index (κ1) is 14.2. The Morgan fingerprint density at radius 3 is 2.58 bits per heavy atom. The average Bonchev–Trinajstić information content (AvgIpc) is 2.40. The lowest BCUT2D eigenvalue weighted by Gasteiger charge is -2.06. The maximum atomic E-state index is 11.8. The Hall–Kier alpha value is -1.17. The molecule has 0 N–H and O–H groups in total. The number of hydrogen-bond donors (Lipinski definition) is 0. The van der Waals surface area contributed by atoms with Gasteiger partial charge < -0.3 is 4.74 Å². The number of hydrogen-bond acceptors (Lipinski definition) is 4. The molecular formula is C12H7BrCl2N2O2. The lowest BCUT2D eigenvalue weighted by Crippen LogP contribution is -2.07. The number of esters is 1. The summed E-state index contributed by atoms with van der Waals surface area (Å²) in [5.41, 5.74) is 0.958. The summed E-state index contributed by atoms with van der Waals surface area (Å²) in [7, 11) is 0. The van der Waals surface area contributed by atoms with Crippen LogP contribution in [0.25, 0.3) is 0 Å². The molecule has 0 unspecified atom stereocenters. The normalized spacial score (nSPS) is 10.3. The van der Waals surface area contributed by atoms with Gasteiger partial charge >= 0.3 is 5.97 Å². The van der Waals surface area contributed by atoms with E-state index in [1.54, 1.807) is 0 Å². The van der Waals surface area contributed by atoms with Gasteiger partial charge in [0.15, 0.2) is 10.3 Å². The van der Waals surface area contributed by atoms with Gasteiger partial charge in [-0.1, -0.05) is 51.3 Å². The summed E-state index contributed by atoms with van der Waals surface area (Å²) < 4.78 is 6.08. The van der Waals surface area contributed by atoms with Gasteiger partial charge in [0.05, 0.1) is 0 Å². The van der Waals surface area contributed by atoms with E-state index in [-0.39, 0.29) is 22.5 Å². The number of nitrogens with zero attached hydrogens (tertiary/aromatic N) is 2. The molecule has 0 spiro atoms. The molecule has 19 heavy (non-hydrogen) atoms. The van der Waals surface area contributed by atoms with Gasteiger partial charge in [-0.05, 0) is 23.8 Å². The van der Waals surface area contributed by atoms with Crippen molar-refractivity contribution in [3.63, 3.8) is 0 Å². The average molecular weight is 362 g/mol. The van der Waals surface area contributed by atoms with E-state index in [9.17, 15) is 4.79 Å². The lowest BCUT2D eigenvalue weighted by atomic mass is 10.2. The van der Waals surface area contributed by atoms with Gasteiger partial charge in [0, 0.05) is 4.47 Å². The number of benzene rings is 1. The largest absolute Gasteiger partial charge is 0.457 e. The van der Waals surface area contributed by atoms with Crippen LogP contribution in [0.15, 0.2) is 34.8 Å². The molecule has 2 rings (SSSR count). The van der Waals surface area contributed by atoms with Crippen molar-refractivity contribution in [1.29, 1.82) is 0 Å². The Morgan fingerprint density at radius 2 is 1.89 bits per heavy atom. The summed E-state index contributed by atoms with van der Waals surface area (Å²) in [6.07, 6.45) is 0. The van der Waals surface area contributed by atoms with Crippen molar-refractivity contribution in [3.8, 4) is 0 Å². The summed E-state index contributed by atoms with van der Waals surface area (Å²) in [5, 5.41) is 7.11. The Morgan fingerprint density at radius 1 is 1.21 bits per heavy atom. The van der Waals surface area contributed by atoms with Crippen LogP contribution in [-0.2, 0) is 11.3 Å². The van der Waals surface area contributed by atoms with Crippen LogP contribution in [-0.4, -0.2) is 16.2 Å². The monoisotopic (exact) mass is 360 g/mol. The second kappa shape index (κ2) is 6.32. The molecule has 0 bridgehead atoms. The number of halogens is 3. The van der Waals surface area contributed by atoms with Gasteiger partial charge in [-0.3, -0.25) is 0 Å². The predicted molar refractivity (Wildman–Crippen MR) is 75.3 cm³/mol. The van der Waals surface area contributed by atoms with E-state index in [4.69, 9.17) is 27.9 Å². The Bertz CT molecular complexity index is 605. The maximum absolute atomic E-state index is 11.8. The summed E-state index contributed by atoms with van der Waals surface area (Å²) in [6, 6.07) is 8.73. The molecule has 1 aromatic heterocycles. The minimum Gasteiger partial charge on any atom is -0.457 e. The predicted octanol–water partition coefficient (Wildman–Crippen LogP) is 3.90. The molecule has 7 heteroatoms. The van der Waals surface area contributed by atoms with Crippen LogP contribution < -0.4 is 0 Å². The third-order valence-electron chi connectivity index (χ3n) is 2.22. The van der Waals surface area contributed by atoms with E-state index in [0.29, 0.717) is 0 Å². The molecule has 0 fully saturated rings. The van der Waals surface area contributed by atoms with Gasteiger partial charge in [-0.25, -0.2) is 4.79 Å². The highest BCUT2D eigenvalue weighted by atomic mass is 79.9.